The lowest BCUT2D eigenvalue weighted by molar-refractivity contribution is 0.670. The predicted molar refractivity (Wildman–Crippen MR) is 286 cm³/mol. The van der Waals surface area contributed by atoms with Crippen LogP contribution in [0.3, 0.4) is 0 Å². The molecule has 0 radical (unpaired) electrons. The molecule has 0 atom stereocenters. The number of fused-ring (bicyclic) bond motifs is 3. The molecule has 0 bridgehead atoms. The van der Waals surface area contributed by atoms with Crippen LogP contribution in [-0.4, -0.2) is 0 Å². The van der Waals surface area contributed by atoms with Crippen LogP contribution in [0.1, 0.15) is 0 Å². The second-order valence-corrected chi connectivity index (χ2v) is 17.2. The molecule has 0 N–H and O–H groups in total. The molecule has 12 aromatic rings. The van der Waals surface area contributed by atoms with Gasteiger partial charge >= 0.3 is 0 Å². The van der Waals surface area contributed by atoms with Gasteiger partial charge in [-0.2, -0.15) is 0 Å². The molecule has 2 heteroatoms. The second-order valence-electron chi connectivity index (χ2n) is 17.2. The monoisotopic (exact) mass is 867 g/mol. The van der Waals surface area contributed by atoms with Crippen LogP contribution in [0.4, 0.5) is 17.1 Å². The summed E-state index contributed by atoms with van der Waals surface area (Å²) in [6.07, 6.45) is 0. The predicted octanol–water partition coefficient (Wildman–Crippen LogP) is 18.7. The van der Waals surface area contributed by atoms with Gasteiger partial charge in [-0.05, 0) is 109 Å². The van der Waals surface area contributed by atoms with Crippen LogP contribution in [0.15, 0.2) is 277 Å². The highest BCUT2D eigenvalue weighted by Gasteiger charge is 2.22. The quantitative estimate of drug-likeness (QED) is 0.136. The molecular weight excluding hydrogens is 823 g/mol. The zero-order valence-corrected chi connectivity index (χ0v) is 37.3. The van der Waals surface area contributed by atoms with Crippen molar-refractivity contribution in [3.8, 4) is 77.9 Å². The van der Waals surface area contributed by atoms with Crippen LogP contribution in [0.5, 0.6) is 0 Å². The molecule has 11 aromatic carbocycles. The molecule has 0 aliphatic rings. The maximum atomic E-state index is 6.51. The van der Waals surface area contributed by atoms with E-state index >= 15 is 0 Å². The molecule has 0 unspecified atom stereocenters. The molecule has 2 nitrogen and oxygen atoms in total. The van der Waals surface area contributed by atoms with E-state index in [1.165, 1.54) is 44.5 Å². The van der Waals surface area contributed by atoms with Gasteiger partial charge < -0.3 is 9.32 Å². The average molecular weight is 868 g/mol. The molecule has 0 aliphatic carbocycles. The van der Waals surface area contributed by atoms with Crippen molar-refractivity contribution in [3.05, 3.63) is 273 Å². The molecule has 12 rings (SSSR count). The summed E-state index contributed by atoms with van der Waals surface area (Å²) in [7, 11) is 0. The van der Waals surface area contributed by atoms with Gasteiger partial charge in [-0.15, -0.1) is 0 Å². The molecular formula is C66H45NO. The Bertz CT molecular complexity index is 3690. The summed E-state index contributed by atoms with van der Waals surface area (Å²) in [5.74, 6) is 0. The second kappa shape index (κ2) is 17.8. The van der Waals surface area contributed by atoms with Crippen molar-refractivity contribution in [3.63, 3.8) is 0 Å². The SMILES string of the molecule is c1ccc(-c2ccc(-c3ccc(N(c4ccc(-c5cccc6c5oc5ccccc56)cc4)c4ccccc4-c4cc(-c5ccccc5)ccc4-c4ccccc4-c4ccccc4)cc3)cc2)cc1. The normalized spacial score (nSPS) is 11.2. The summed E-state index contributed by atoms with van der Waals surface area (Å²) in [6.45, 7) is 0. The highest BCUT2D eigenvalue weighted by Crippen LogP contribution is 2.47. The van der Waals surface area contributed by atoms with Crippen molar-refractivity contribution in [1.29, 1.82) is 0 Å². The molecule has 0 spiro atoms. The third kappa shape index (κ3) is 7.64. The zero-order valence-electron chi connectivity index (χ0n) is 37.3. The summed E-state index contributed by atoms with van der Waals surface area (Å²) in [4.78, 5) is 2.41. The molecule has 0 amide bonds. The summed E-state index contributed by atoms with van der Waals surface area (Å²) in [5, 5.41) is 2.25. The molecule has 0 aliphatic heterocycles. The van der Waals surface area contributed by atoms with Crippen LogP contribution in [0.25, 0.3) is 99.8 Å². The van der Waals surface area contributed by atoms with Gasteiger partial charge in [0.2, 0.25) is 0 Å². The van der Waals surface area contributed by atoms with E-state index in [4.69, 9.17) is 4.42 Å². The van der Waals surface area contributed by atoms with Gasteiger partial charge in [0.1, 0.15) is 11.2 Å². The standard InChI is InChI=1S/C66H45NO/c1-4-17-46(18-5-1)48-31-33-49(34-32-48)50-35-40-54(41-36-50)67(55-42-37-52(38-43-55)57-27-16-28-62-61-26-13-15-30-65(61)68-66(57)62)64-29-14-12-25-60(64)63-45-53(47-19-6-2-7-20-47)39-44-59(63)58-24-11-10-23-56(58)51-21-8-3-9-22-51/h1-45H. The van der Waals surface area contributed by atoms with E-state index in [2.05, 4.69) is 266 Å². The average Bonchev–Trinajstić information content (AvgIpc) is 3.81. The Morgan fingerprint density at radius 1 is 0.235 bits per heavy atom. The number of anilines is 3. The minimum absolute atomic E-state index is 0.895. The van der Waals surface area contributed by atoms with Gasteiger partial charge in [0.05, 0.1) is 5.69 Å². The number of furan rings is 1. The Balaban J connectivity index is 1.02. The lowest BCUT2D eigenvalue weighted by Gasteiger charge is -2.29. The van der Waals surface area contributed by atoms with Crippen LogP contribution < -0.4 is 4.90 Å². The fourth-order valence-corrected chi connectivity index (χ4v) is 9.78. The van der Waals surface area contributed by atoms with E-state index in [1.807, 2.05) is 12.1 Å². The molecule has 68 heavy (non-hydrogen) atoms. The van der Waals surface area contributed by atoms with Gasteiger partial charge in [0.25, 0.3) is 0 Å². The highest BCUT2D eigenvalue weighted by atomic mass is 16.3. The van der Waals surface area contributed by atoms with E-state index in [0.29, 0.717) is 0 Å². The maximum Gasteiger partial charge on any atom is 0.143 e. The molecule has 320 valence electrons. The van der Waals surface area contributed by atoms with Crippen LogP contribution in [0, 0.1) is 0 Å². The van der Waals surface area contributed by atoms with Gasteiger partial charge in [0, 0.05) is 33.3 Å². The Kier molecular flexibility index (Phi) is 10.6. The van der Waals surface area contributed by atoms with Crippen molar-refractivity contribution in [2.75, 3.05) is 4.90 Å². The van der Waals surface area contributed by atoms with Crippen LogP contribution in [0.2, 0.25) is 0 Å². The molecule has 0 fully saturated rings. The van der Waals surface area contributed by atoms with E-state index < -0.39 is 0 Å². The first-order chi connectivity index (χ1) is 33.7. The lowest BCUT2D eigenvalue weighted by Crippen LogP contribution is -2.11. The maximum absolute atomic E-state index is 6.51. The Labute approximate surface area is 397 Å². The molecule has 0 saturated heterocycles. The van der Waals surface area contributed by atoms with Gasteiger partial charge in [-0.3, -0.25) is 0 Å². The van der Waals surface area contributed by atoms with Crippen molar-refractivity contribution in [2.45, 2.75) is 0 Å². The third-order valence-electron chi connectivity index (χ3n) is 13.2. The first-order valence-electron chi connectivity index (χ1n) is 23.2. The van der Waals surface area contributed by atoms with Crippen LogP contribution >= 0.6 is 0 Å². The first kappa shape index (κ1) is 40.5. The number of hydrogen-bond acceptors (Lipinski definition) is 2. The Morgan fingerprint density at radius 2 is 0.647 bits per heavy atom. The van der Waals surface area contributed by atoms with Crippen molar-refractivity contribution >= 4 is 39.0 Å². The Morgan fingerprint density at radius 3 is 1.29 bits per heavy atom. The summed E-state index contributed by atoms with van der Waals surface area (Å²) >= 11 is 0. The van der Waals surface area contributed by atoms with E-state index in [1.54, 1.807) is 0 Å². The van der Waals surface area contributed by atoms with E-state index in [0.717, 1.165) is 72.4 Å². The number of rotatable bonds is 10. The first-order valence-corrected chi connectivity index (χ1v) is 23.2. The molecule has 1 aromatic heterocycles. The number of para-hydroxylation sites is 3. The van der Waals surface area contributed by atoms with Crippen molar-refractivity contribution in [2.24, 2.45) is 0 Å². The Hall–Kier alpha value is -8.98. The fraction of sp³-hybridized carbons (Fsp3) is 0. The van der Waals surface area contributed by atoms with Crippen LogP contribution in [-0.2, 0) is 0 Å². The van der Waals surface area contributed by atoms with Crippen molar-refractivity contribution in [1.82, 2.24) is 0 Å². The summed E-state index contributed by atoms with van der Waals surface area (Å²) < 4.78 is 6.51. The summed E-state index contributed by atoms with van der Waals surface area (Å²) in [6, 6.07) is 98.1. The van der Waals surface area contributed by atoms with E-state index in [-0.39, 0.29) is 0 Å². The number of nitrogens with zero attached hydrogens (tertiary/aromatic N) is 1. The largest absolute Gasteiger partial charge is 0.455 e. The van der Waals surface area contributed by atoms with Crippen molar-refractivity contribution < 1.29 is 4.42 Å². The van der Waals surface area contributed by atoms with E-state index in [9.17, 15) is 0 Å². The van der Waals surface area contributed by atoms with Gasteiger partial charge in [0.15, 0.2) is 0 Å². The molecule has 1 heterocycles. The molecule has 0 saturated carbocycles. The van der Waals surface area contributed by atoms with Gasteiger partial charge in [-0.25, -0.2) is 0 Å². The zero-order chi connectivity index (χ0) is 45.2. The lowest BCUT2D eigenvalue weighted by atomic mass is 9.86. The smallest absolute Gasteiger partial charge is 0.143 e. The highest BCUT2D eigenvalue weighted by molar-refractivity contribution is 6.09. The fourth-order valence-electron chi connectivity index (χ4n) is 9.78. The van der Waals surface area contributed by atoms with Gasteiger partial charge in [-0.1, -0.05) is 231 Å². The minimum Gasteiger partial charge on any atom is -0.455 e. The topological polar surface area (TPSA) is 16.4 Å². The summed E-state index contributed by atoms with van der Waals surface area (Å²) in [5.41, 5.74) is 21.2. The number of benzene rings is 11. The number of hydrogen-bond donors (Lipinski definition) is 0. The third-order valence-corrected chi connectivity index (χ3v) is 13.2. The minimum atomic E-state index is 0.895.